The van der Waals surface area contributed by atoms with Crippen LogP contribution in [0.15, 0.2) is 0 Å². The smallest absolute Gasteiger partial charge is 0.338 e. The molecule has 1 unspecified atom stereocenters. The molecule has 0 spiro atoms. The molecule has 0 aromatic carbocycles. The largest absolute Gasteiger partial charge is 0.466 e. The van der Waals surface area contributed by atoms with E-state index < -0.39 is 5.60 Å². The second-order valence-electron chi connectivity index (χ2n) is 4.16. The van der Waals surface area contributed by atoms with Crippen LogP contribution in [0.4, 0.5) is 0 Å². The van der Waals surface area contributed by atoms with Crippen LogP contribution in [-0.4, -0.2) is 37.4 Å². The molecule has 0 aromatic heterocycles. The normalized spacial score (nSPS) is 13.7. The lowest BCUT2D eigenvalue weighted by Crippen LogP contribution is -2.42. The molecule has 112 valence electrons. The molecule has 0 aliphatic carbocycles. The molecule has 0 bridgehead atoms. The van der Waals surface area contributed by atoms with Crippen molar-refractivity contribution in [3.8, 4) is 0 Å². The molecule has 0 saturated heterocycles. The van der Waals surface area contributed by atoms with E-state index in [-0.39, 0.29) is 11.9 Å². The molecule has 0 amide bonds. The summed E-state index contributed by atoms with van der Waals surface area (Å²) in [5, 5.41) is 0. The molecule has 0 aromatic rings. The van der Waals surface area contributed by atoms with Gasteiger partial charge in [0.05, 0.1) is 13.2 Å². The van der Waals surface area contributed by atoms with Crippen LogP contribution in [-0.2, 0) is 23.8 Å². The maximum atomic E-state index is 12.0. The van der Waals surface area contributed by atoms with Crippen molar-refractivity contribution < 1.29 is 23.8 Å². The van der Waals surface area contributed by atoms with E-state index in [4.69, 9.17) is 14.2 Å². The molecule has 0 rings (SSSR count). The molecule has 0 radical (unpaired) electrons. The summed E-state index contributed by atoms with van der Waals surface area (Å²) in [6.45, 7) is 8.40. The summed E-state index contributed by atoms with van der Waals surface area (Å²) in [5.41, 5.74) is -0.933. The Morgan fingerprint density at radius 2 is 1.58 bits per heavy atom. The van der Waals surface area contributed by atoms with Gasteiger partial charge < -0.3 is 14.2 Å². The number of carbonyl (C=O) groups excluding carboxylic acids is 2. The molecular weight excluding hydrogens is 248 g/mol. The highest BCUT2D eigenvalue weighted by Crippen LogP contribution is 2.25. The lowest BCUT2D eigenvalue weighted by atomic mass is 9.93. The second-order valence-corrected chi connectivity index (χ2v) is 4.16. The first-order valence-electron chi connectivity index (χ1n) is 7.03. The average molecular weight is 274 g/mol. The zero-order valence-corrected chi connectivity index (χ0v) is 12.5. The van der Waals surface area contributed by atoms with Gasteiger partial charge in [0.25, 0.3) is 0 Å². The Hall–Kier alpha value is -1.10. The summed E-state index contributed by atoms with van der Waals surface area (Å²) in [6, 6.07) is 0. The van der Waals surface area contributed by atoms with Gasteiger partial charge in [0, 0.05) is 13.0 Å². The summed E-state index contributed by atoms with van der Waals surface area (Å²) in [6.07, 6.45) is 1.84. The van der Waals surface area contributed by atoms with Crippen molar-refractivity contribution in [2.45, 2.75) is 59.0 Å². The Morgan fingerprint density at radius 1 is 0.947 bits per heavy atom. The molecule has 1 atom stereocenters. The topological polar surface area (TPSA) is 61.8 Å². The van der Waals surface area contributed by atoms with E-state index in [0.29, 0.717) is 45.5 Å². The number of carbonyl (C=O) groups is 2. The Balaban J connectivity index is 4.49. The van der Waals surface area contributed by atoms with Crippen molar-refractivity contribution in [1.29, 1.82) is 0 Å². The van der Waals surface area contributed by atoms with Gasteiger partial charge in [-0.2, -0.15) is 0 Å². The van der Waals surface area contributed by atoms with Gasteiger partial charge in [-0.05, 0) is 40.0 Å². The van der Waals surface area contributed by atoms with Crippen LogP contribution in [0.5, 0.6) is 0 Å². The van der Waals surface area contributed by atoms with Gasteiger partial charge in [-0.25, -0.2) is 4.79 Å². The maximum absolute atomic E-state index is 12.0. The first-order chi connectivity index (χ1) is 9.06. The summed E-state index contributed by atoms with van der Waals surface area (Å²) < 4.78 is 15.5. The van der Waals surface area contributed by atoms with E-state index in [1.807, 2.05) is 13.8 Å². The summed E-state index contributed by atoms with van der Waals surface area (Å²) >= 11 is 0. The third-order valence-corrected chi connectivity index (χ3v) is 2.91. The van der Waals surface area contributed by atoms with E-state index in [1.165, 1.54) is 0 Å². The highest BCUT2D eigenvalue weighted by atomic mass is 16.6. The Kier molecular flexibility index (Phi) is 9.21. The Labute approximate surface area is 115 Å². The van der Waals surface area contributed by atoms with Crippen molar-refractivity contribution in [1.82, 2.24) is 0 Å². The SMILES string of the molecule is CCOC(=O)CCCC(CC)(OCC)C(=O)OCC. The molecule has 5 heteroatoms. The van der Waals surface area contributed by atoms with Crippen molar-refractivity contribution in [3.63, 3.8) is 0 Å². The van der Waals surface area contributed by atoms with E-state index in [1.54, 1.807) is 13.8 Å². The van der Waals surface area contributed by atoms with Gasteiger partial charge in [0.1, 0.15) is 0 Å². The predicted molar refractivity (Wildman–Crippen MR) is 71.8 cm³/mol. The van der Waals surface area contributed by atoms with Crippen LogP contribution in [0.3, 0.4) is 0 Å². The van der Waals surface area contributed by atoms with Gasteiger partial charge in [0.2, 0.25) is 0 Å². The highest BCUT2D eigenvalue weighted by Gasteiger charge is 2.38. The van der Waals surface area contributed by atoms with Gasteiger partial charge >= 0.3 is 11.9 Å². The van der Waals surface area contributed by atoms with Crippen LogP contribution in [0.2, 0.25) is 0 Å². The van der Waals surface area contributed by atoms with Crippen molar-refractivity contribution in [2.24, 2.45) is 0 Å². The van der Waals surface area contributed by atoms with Crippen LogP contribution in [0, 0.1) is 0 Å². The molecule has 19 heavy (non-hydrogen) atoms. The number of hydrogen-bond donors (Lipinski definition) is 0. The van der Waals surface area contributed by atoms with Crippen LogP contribution < -0.4 is 0 Å². The Bertz CT molecular complexity index is 277. The third-order valence-electron chi connectivity index (χ3n) is 2.91. The van der Waals surface area contributed by atoms with E-state index in [2.05, 4.69) is 0 Å². The molecule has 0 aliphatic rings. The molecule has 0 N–H and O–H groups in total. The third kappa shape index (κ3) is 6.05. The average Bonchev–Trinajstić information content (AvgIpc) is 2.38. The standard InChI is InChI=1S/C14H26O5/c1-5-14(19-8-4,13(16)18-7-3)11-9-10-12(15)17-6-2/h5-11H2,1-4H3. The number of esters is 2. The van der Waals surface area contributed by atoms with Gasteiger partial charge in [0.15, 0.2) is 5.60 Å². The fraction of sp³-hybridized carbons (Fsp3) is 0.857. The minimum atomic E-state index is -0.933. The fourth-order valence-corrected chi connectivity index (χ4v) is 1.95. The maximum Gasteiger partial charge on any atom is 0.338 e. The Morgan fingerprint density at radius 3 is 2.05 bits per heavy atom. The molecule has 0 fully saturated rings. The zero-order valence-electron chi connectivity index (χ0n) is 12.5. The molecule has 0 heterocycles. The van der Waals surface area contributed by atoms with Gasteiger partial charge in [-0.3, -0.25) is 4.79 Å². The fourth-order valence-electron chi connectivity index (χ4n) is 1.95. The summed E-state index contributed by atoms with van der Waals surface area (Å²) in [7, 11) is 0. The first kappa shape index (κ1) is 17.9. The highest BCUT2D eigenvalue weighted by molar-refractivity contribution is 5.79. The zero-order chi connectivity index (χ0) is 14.7. The number of rotatable bonds is 10. The van der Waals surface area contributed by atoms with Crippen molar-refractivity contribution >= 4 is 11.9 Å². The lowest BCUT2D eigenvalue weighted by Gasteiger charge is -2.30. The van der Waals surface area contributed by atoms with E-state index in [9.17, 15) is 9.59 Å². The molecule has 5 nitrogen and oxygen atoms in total. The predicted octanol–water partition coefficient (Wildman–Crippen LogP) is 2.47. The van der Waals surface area contributed by atoms with Gasteiger partial charge in [-0.1, -0.05) is 6.92 Å². The minimum Gasteiger partial charge on any atom is -0.466 e. The monoisotopic (exact) mass is 274 g/mol. The van der Waals surface area contributed by atoms with Crippen LogP contribution in [0.25, 0.3) is 0 Å². The molecule has 0 saturated carbocycles. The first-order valence-corrected chi connectivity index (χ1v) is 7.03. The minimum absolute atomic E-state index is 0.243. The molecule has 0 aliphatic heterocycles. The molecular formula is C14H26O5. The van der Waals surface area contributed by atoms with Crippen LogP contribution in [0.1, 0.15) is 53.4 Å². The lowest BCUT2D eigenvalue weighted by molar-refractivity contribution is -0.174. The number of hydrogen-bond acceptors (Lipinski definition) is 5. The van der Waals surface area contributed by atoms with Gasteiger partial charge in [-0.15, -0.1) is 0 Å². The van der Waals surface area contributed by atoms with Crippen LogP contribution >= 0.6 is 0 Å². The summed E-state index contributed by atoms with van der Waals surface area (Å²) in [5.74, 6) is -0.587. The number of ether oxygens (including phenoxy) is 3. The van der Waals surface area contributed by atoms with Crippen molar-refractivity contribution in [2.75, 3.05) is 19.8 Å². The summed E-state index contributed by atoms with van der Waals surface area (Å²) in [4.78, 5) is 23.3. The van der Waals surface area contributed by atoms with Crippen molar-refractivity contribution in [3.05, 3.63) is 0 Å². The van der Waals surface area contributed by atoms with E-state index >= 15 is 0 Å². The second kappa shape index (κ2) is 9.78. The quantitative estimate of drug-likeness (QED) is 0.573. The van der Waals surface area contributed by atoms with E-state index in [0.717, 1.165) is 0 Å².